The molecule has 0 radical (unpaired) electrons. The van der Waals surface area contributed by atoms with Gasteiger partial charge in [0.15, 0.2) is 0 Å². The molecular formula is C26H36FNO4S. The van der Waals surface area contributed by atoms with E-state index in [4.69, 9.17) is 4.18 Å². The Balaban J connectivity index is 1.96. The van der Waals surface area contributed by atoms with Gasteiger partial charge in [-0.15, -0.1) is 0 Å². The second kappa shape index (κ2) is 13.3. The van der Waals surface area contributed by atoms with E-state index < -0.39 is 15.9 Å². The molecule has 2 aromatic carbocycles. The van der Waals surface area contributed by atoms with Crippen molar-refractivity contribution in [1.82, 2.24) is 4.90 Å². The lowest BCUT2D eigenvalue weighted by atomic mass is 10.1. The molecule has 0 spiro atoms. The largest absolute Gasteiger partial charge is 0.379 e. The molecule has 0 unspecified atom stereocenters. The van der Waals surface area contributed by atoms with Gasteiger partial charge in [0.05, 0.1) is 0 Å². The van der Waals surface area contributed by atoms with Gasteiger partial charge in [-0.25, -0.2) is 4.39 Å². The maximum atomic E-state index is 13.1. The van der Waals surface area contributed by atoms with Gasteiger partial charge in [-0.05, 0) is 62.2 Å². The van der Waals surface area contributed by atoms with Gasteiger partial charge in [0, 0.05) is 19.0 Å². The van der Waals surface area contributed by atoms with Crippen LogP contribution in [0.5, 0.6) is 5.75 Å². The minimum atomic E-state index is -4.08. The summed E-state index contributed by atoms with van der Waals surface area (Å²) in [6.07, 6.45) is 8.61. The minimum Gasteiger partial charge on any atom is -0.379 e. The Morgan fingerprint density at radius 1 is 0.970 bits per heavy atom. The molecule has 1 amide bonds. The SMILES string of the molecule is CCCCCCCCCC(=O)N(Cc1cccc(OS(=O)(=O)c2ccc(F)cc2)c1)C(C)C. The van der Waals surface area contributed by atoms with Crippen molar-refractivity contribution in [2.75, 3.05) is 0 Å². The highest BCUT2D eigenvalue weighted by Crippen LogP contribution is 2.22. The van der Waals surface area contributed by atoms with Gasteiger partial charge in [-0.2, -0.15) is 8.42 Å². The molecular weight excluding hydrogens is 441 g/mol. The van der Waals surface area contributed by atoms with Gasteiger partial charge >= 0.3 is 10.1 Å². The molecule has 182 valence electrons. The lowest BCUT2D eigenvalue weighted by Crippen LogP contribution is -2.36. The molecule has 0 aromatic heterocycles. The average Bonchev–Trinajstić information content (AvgIpc) is 2.76. The zero-order valence-electron chi connectivity index (χ0n) is 19.9. The topological polar surface area (TPSA) is 63.7 Å². The van der Waals surface area contributed by atoms with Crippen LogP contribution in [0.2, 0.25) is 0 Å². The van der Waals surface area contributed by atoms with Gasteiger partial charge in [-0.1, -0.05) is 57.6 Å². The number of carbonyl (C=O) groups is 1. The van der Waals surface area contributed by atoms with E-state index in [0.717, 1.165) is 49.1 Å². The summed E-state index contributed by atoms with van der Waals surface area (Å²) in [5.41, 5.74) is 0.781. The van der Waals surface area contributed by atoms with Crippen molar-refractivity contribution in [3.8, 4) is 5.75 Å². The fraction of sp³-hybridized carbons (Fsp3) is 0.500. The predicted molar refractivity (Wildman–Crippen MR) is 129 cm³/mol. The molecule has 0 heterocycles. The van der Waals surface area contributed by atoms with Crippen LogP contribution in [-0.2, 0) is 21.5 Å². The summed E-state index contributed by atoms with van der Waals surface area (Å²) in [5, 5.41) is 0. The van der Waals surface area contributed by atoms with E-state index in [-0.39, 0.29) is 22.6 Å². The van der Waals surface area contributed by atoms with Gasteiger partial charge in [0.25, 0.3) is 0 Å². The Hall–Kier alpha value is -2.41. The summed E-state index contributed by atoms with van der Waals surface area (Å²) in [4.78, 5) is 14.5. The molecule has 0 fully saturated rings. The Labute approximate surface area is 198 Å². The Morgan fingerprint density at radius 3 is 2.24 bits per heavy atom. The summed E-state index contributed by atoms with van der Waals surface area (Å²) < 4.78 is 43.3. The van der Waals surface area contributed by atoms with Gasteiger partial charge < -0.3 is 9.08 Å². The van der Waals surface area contributed by atoms with Crippen molar-refractivity contribution in [1.29, 1.82) is 0 Å². The first-order chi connectivity index (χ1) is 15.7. The molecule has 0 saturated heterocycles. The average molecular weight is 478 g/mol. The fourth-order valence-electron chi connectivity index (χ4n) is 3.60. The number of unbranched alkanes of at least 4 members (excludes halogenated alkanes) is 6. The second-order valence-corrected chi connectivity index (χ2v) is 10.2. The molecule has 0 aliphatic carbocycles. The molecule has 0 atom stereocenters. The first kappa shape index (κ1) is 26.8. The van der Waals surface area contributed by atoms with Crippen molar-refractivity contribution in [3.63, 3.8) is 0 Å². The number of carbonyl (C=O) groups excluding carboxylic acids is 1. The zero-order valence-corrected chi connectivity index (χ0v) is 20.7. The monoisotopic (exact) mass is 477 g/mol. The zero-order chi connectivity index (χ0) is 24.3. The third-order valence-corrected chi connectivity index (χ3v) is 6.76. The van der Waals surface area contributed by atoms with Crippen LogP contribution in [0.25, 0.3) is 0 Å². The van der Waals surface area contributed by atoms with Crippen LogP contribution in [0.3, 0.4) is 0 Å². The first-order valence-electron chi connectivity index (χ1n) is 11.8. The summed E-state index contributed by atoms with van der Waals surface area (Å²) in [6.45, 7) is 6.52. The van der Waals surface area contributed by atoms with Crippen molar-refractivity contribution in [2.24, 2.45) is 0 Å². The van der Waals surface area contributed by atoms with Gasteiger partial charge in [0.1, 0.15) is 16.5 Å². The van der Waals surface area contributed by atoms with Crippen molar-refractivity contribution in [3.05, 3.63) is 59.9 Å². The number of hydrogen-bond donors (Lipinski definition) is 0. The Bertz CT molecular complexity index is 974. The second-order valence-electron chi connectivity index (χ2n) is 8.63. The summed E-state index contributed by atoms with van der Waals surface area (Å²) in [5.74, 6) is -0.269. The van der Waals surface area contributed by atoms with E-state index in [9.17, 15) is 17.6 Å². The quantitative estimate of drug-likeness (QED) is 0.231. The molecule has 2 rings (SSSR count). The lowest BCUT2D eigenvalue weighted by molar-refractivity contribution is -0.133. The molecule has 0 aliphatic heterocycles. The summed E-state index contributed by atoms with van der Waals surface area (Å²) in [7, 11) is -4.08. The first-order valence-corrected chi connectivity index (χ1v) is 13.2. The standard InChI is InChI=1S/C26H36FNO4S/c1-4-5-6-7-8-9-10-14-26(29)28(21(2)3)20-22-12-11-13-24(19-22)32-33(30,31)25-17-15-23(27)16-18-25/h11-13,15-19,21H,4-10,14,20H2,1-3H3. The summed E-state index contributed by atoms with van der Waals surface area (Å²) in [6, 6.07) is 11.2. The highest BCUT2D eigenvalue weighted by atomic mass is 32.2. The van der Waals surface area contributed by atoms with Crippen molar-refractivity contribution < 1.29 is 21.8 Å². The van der Waals surface area contributed by atoms with Crippen LogP contribution in [0.1, 0.15) is 77.7 Å². The number of nitrogens with zero attached hydrogens (tertiary/aromatic N) is 1. The van der Waals surface area contributed by atoms with Crippen LogP contribution in [-0.4, -0.2) is 25.3 Å². The van der Waals surface area contributed by atoms with Crippen LogP contribution >= 0.6 is 0 Å². The number of hydrogen-bond acceptors (Lipinski definition) is 4. The predicted octanol–water partition coefficient (Wildman–Crippen LogP) is 6.47. The number of rotatable bonds is 14. The van der Waals surface area contributed by atoms with E-state index in [1.54, 1.807) is 18.2 Å². The minimum absolute atomic E-state index is 0.0228. The van der Waals surface area contributed by atoms with Crippen LogP contribution in [0, 0.1) is 5.82 Å². The Kier molecular flexibility index (Phi) is 10.8. The fourth-order valence-corrected chi connectivity index (χ4v) is 4.53. The number of amides is 1. The number of halogens is 1. The smallest absolute Gasteiger partial charge is 0.339 e. The van der Waals surface area contributed by atoms with E-state index >= 15 is 0 Å². The molecule has 0 saturated carbocycles. The van der Waals surface area contributed by atoms with Crippen molar-refractivity contribution in [2.45, 2.75) is 89.6 Å². The van der Waals surface area contributed by atoms with Gasteiger partial charge in [-0.3, -0.25) is 4.79 Å². The highest BCUT2D eigenvalue weighted by Gasteiger charge is 2.19. The normalized spacial score (nSPS) is 11.5. The number of benzene rings is 2. The lowest BCUT2D eigenvalue weighted by Gasteiger charge is -2.27. The maximum Gasteiger partial charge on any atom is 0.339 e. The van der Waals surface area contributed by atoms with Gasteiger partial charge in [0.2, 0.25) is 5.91 Å². The van der Waals surface area contributed by atoms with Crippen molar-refractivity contribution >= 4 is 16.0 Å². The third-order valence-electron chi connectivity index (χ3n) is 5.50. The molecule has 2 aromatic rings. The van der Waals surface area contributed by atoms with E-state index in [1.165, 1.54) is 25.7 Å². The van der Waals surface area contributed by atoms with E-state index in [0.29, 0.717) is 13.0 Å². The molecule has 5 nitrogen and oxygen atoms in total. The van der Waals surface area contributed by atoms with E-state index in [2.05, 4.69) is 6.92 Å². The maximum absolute atomic E-state index is 13.1. The molecule has 0 bridgehead atoms. The summed E-state index contributed by atoms with van der Waals surface area (Å²) >= 11 is 0. The molecule has 7 heteroatoms. The van der Waals surface area contributed by atoms with E-state index in [1.807, 2.05) is 24.8 Å². The van der Waals surface area contributed by atoms with Crippen LogP contribution in [0.4, 0.5) is 4.39 Å². The van der Waals surface area contributed by atoms with Crippen LogP contribution in [0.15, 0.2) is 53.4 Å². The molecule has 0 aliphatic rings. The molecule has 33 heavy (non-hydrogen) atoms. The third kappa shape index (κ3) is 9.16. The van der Waals surface area contributed by atoms with Crippen LogP contribution < -0.4 is 4.18 Å². The highest BCUT2D eigenvalue weighted by molar-refractivity contribution is 7.87. The Morgan fingerprint density at radius 2 is 1.61 bits per heavy atom. The molecule has 0 N–H and O–H groups in total.